The predicted octanol–water partition coefficient (Wildman–Crippen LogP) is 8.64. The highest BCUT2D eigenvalue weighted by Crippen LogP contribution is 2.46. The summed E-state index contributed by atoms with van der Waals surface area (Å²) in [4.78, 5) is 18.5. The number of halogens is 1. The Morgan fingerprint density at radius 1 is 1.02 bits per heavy atom. The maximum atomic E-state index is 13.5. The molecule has 2 bridgehead atoms. The smallest absolute Gasteiger partial charge is 0.263 e. The zero-order valence-electron chi connectivity index (χ0n) is 29.4. The highest BCUT2D eigenvalue weighted by Gasteiger charge is 2.39. The summed E-state index contributed by atoms with van der Waals surface area (Å²) in [6, 6.07) is 12.1. The number of hydrogen-bond acceptors (Lipinski definition) is 5. The van der Waals surface area contributed by atoms with Gasteiger partial charge in [0.05, 0.1) is 17.5 Å². The molecule has 8 heteroatoms. The second-order valence-corrected chi connectivity index (χ2v) is 16.7. The van der Waals surface area contributed by atoms with Crippen LogP contribution in [0.25, 0.3) is 0 Å². The van der Waals surface area contributed by atoms with E-state index in [1.807, 2.05) is 31.2 Å². The molecule has 1 N–H and O–H groups in total. The van der Waals surface area contributed by atoms with Crippen molar-refractivity contribution in [2.75, 3.05) is 44.7 Å². The van der Waals surface area contributed by atoms with Gasteiger partial charge in [-0.15, -0.1) is 0 Å². The van der Waals surface area contributed by atoms with E-state index in [9.17, 15) is 9.00 Å². The Morgan fingerprint density at radius 2 is 1.85 bits per heavy atom. The van der Waals surface area contributed by atoms with E-state index in [4.69, 9.17) is 16.3 Å². The molecule has 5 rings (SSSR count). The fourth-order valence-corrected chi connectivity index (χ4v) is 9.50. The first-order valence-corrected chi connectivity index (χ1v) is 20.0. The molecule has 47 heavy (non-hydrogen) atoms. The molecule has 2 aromatic carbocycles. The number of carbonyl (C=O) groups excluding carboxylic acids is 1. The van der Waals surface area contributed by atoms with E-state index in [1.165, 1.54) is 49.7 Å². The third-order valence-corrected chi connectivity index (χ3v) is 13.1. The molecule has 0 aromatic heterocycles. The number of hydrogen-bond donors (Lipinski definition) is 1. The summed E-state index contributed by atoms with van der Waals surface area (Å²) in [7, 11) is 0.804. The molecule has 1 amide bonds. The van der Waals surface area contributed by atoms with E-state index in [1.54, 1.807) is 0 Å². The topological polar surface area (TPSA) is 61.9 Å². The molecular formula is C39H58ClN3O3S. The molecule has 3 aliphatic rings. The fraction of sp³-hybridized carbons (Fsp3) is 0.667. The van der Waals surface area contributed by atoms with Crippen molar-refractivity contribution >= 4 is 34.2 Å². The van der Waals surface area contributed by atoms with Gasteiger partial charge in [-0.1, -0.05) is 57.7 Å². The number of carbonyl (C=O) groups is 1. The van der Waals surface area contributed by atoms with Crippen LogP contribution in [0.2, 0.25) is 5.02 Å². The van der Waals surface area contributed by atoms with E-state index in [0.717, 1.165) is 68.3 Å². The molecule has 0 spiro atoms. The molecular weight excluding hydrogens is 626 g/mol. The first-order chi connectivity index (χ1) is 22.7. The lowest BCUT2D eigenvalue weighted by atomic mass is 9.64. The maximum Gasteiger partial charge on any atom is 0.263 e. The van der Waals surface area contributed by atoms with Crippen molar-refractivity contribution in [2.45, 2.75) is 103 Å². The molecule has 1 aliphatic carbocycles. The number of anilines is 1. The SMILES string of the molecule is CCCc1cc(Cl)ccc1C1COc2ccc3cc2N(C1)CC1CCC1C(CCCN(C)CCC)CCCC(C)C(C)S(=O)NC3=O. The highest BCUT2D eigenvalue weighted by molar-refractivity contribution is 7.84. The Bertz CT molecular complexity index is 1370. The number of amides is 1. The lowest BCUT2D eigenvalue weighted by molar-refractivity contribution is 0.0903. The molecule has 7 unspecified atom stereocenters. The van der Waals surface area contributed by atoms with Crippen LogP contribution in [0.4, 0.5) is 5.69 Å². The molecule has 0 radical (unpaired) electrons. The summed E-state index contributed by atoms with van der Waals surface area (Å²) in [5.41, 5.74) is 4.13. The summed E-state index contributed by atoms with van der Waals surface area (Å²) in [5, 5.41) is 0.670. The Kier molecular flexibility index (Phi) is 13.1. The average molecular weight is 684 g/mol. The number of ether oxygens (including phenoxy) is 1. The summed E-state index contributed by atoms with van der Waals surface area (Å²) < 4.78 is 22.7. The Balaban J connectivity index is 1.47. The van der Waals surface area contributed by atoms with Crippen molar-refractivity contribution in [3.05, 3.63) is 58.1 Å². The predicted molar refractivity (Wildman–Crippen MR) is 197 cm³/mol. The molecule has 6 nitrogen and oxygen atoms in total. The van der Waals surface area contributed by atoms with Crippen LogP contribution in [0.3, 0.4) is 0 Å². The van der Waals surface area contributed by atoms with Crippen LogP contribution in [0, 0.1) is 23.7 Å². The van der Waals surface area contributed by atoms with Gasteiger partial charge in [-0.05, 0) is 137 Å². The van der Waals surface area contributed by atoms with Gasteiger partial charge in [0.2, 0.25) is 0 Å². The minimum Gasteiger partial charge on any atom is -0.491 e. The fourth-order valence-electron chi connectivity index (χ4n) is 8.26. The Morgan fingerprint density at radius 3 is 2.60 bits per heavy atom. The molecule has 2 aliphatic heterocycles. The van der Waals surface area contributed by atoms with E-state index in [2.05, 4.69) is 54.5 Å². The summed E-state index contributed by atoms with van der Waals surface area (Å²) in [6.07, 6.45) is 11.7. The van der Waals surface area contributed by atoms with Gasteiger partial charge in [-0.3, -0.25) is 9.52 Å². The van der Waals surface area contributed by atoms with Crippen molar-refractivity contribution in [3.8, 4) is 5.75 Å². The number of rotatable bonds is 9. The monoisotopic (exact) mass is 683 g/mol. The molecule has 7 atom stereocenters. The number of benzene rings is 2. The Labute approximate surface area is 291 Å². The first-order valence-electron chi connectivity index (χ1n) is 18.4. The van der Waals surface area contributed by atoms with Crippen LogP contribution >= 0.6 is 11.6 Å². The summed E-state index contributed by atoms with van der Waals surface area (Å²) in [5.74, 6) is 3.04. The van der Waals surface area contributed by atoms with Crippen LogP contribution in [-0.2, 0) is 17.4 Å². The third kappa shape index (κ3) is 9.13. The quantitative estimate of drug-likeness (QED) is 0.287. The van der Waals surface area contributed by atoms with Crippen LogP contribution in [-0.4, -0.2) is 60.1 Å². The van der Waals surface area contributed by atoms with Gasteiger partial charge in [0.15, 0.2) is 0 Å². The standard InChI is InChI=1S/C39H58ClN3O3S/c1-6-10-30-22-34(40)16-18-36(30)33-25-43-24-32-14-17-35(32)29(13-9-21-42(5)20-7-2)12-8-11-27(3)28(4)47(45)41-39(44)31-15-19-38(46-26-33)37(43)23-31/h15-16,18-19,22-23,27-29,32-33,35H,6-14,17,20-21,24-26H2,1-5H3,(H,41,44). The van der Waals surface area contributed by atoms with Crippen molar-refractivity contribution in [1.82, 2.24) is 9.62 Å². The lowest BCUT2D eigenvalue weighted by Crippen LogP contribution is -2.43. The first kappa shape index (κ1) is 36.2. The zero-order chi connectivity index (χ0) is 33.5. The van der Waals surface area contributed by atoms with Gasteiger partial charge in [0.25, 0.3) is 5.91 Å². The highest BCUT2D eigenvalue weighted by atomic mass is 35.5. The van der Waals surface area contributed by atoms with Gasteiger partial charge < -0.3 is 14.5 Å². The van der Waals surface area contributed by atoms with Gasteiger partial charge >= 0.3 is 0 Å². The number of nitrogens with zero attached hydrogens (tertiary/aromatic N) is 2. The van der Waals surface area contributed by atoms with Crippen molar-refractivity contribution < 1.29 is 13.7 Å². The number of nitrogens with one attached hydrogen (secondary N) is 1. The van der Waals surface area contributed by atoms with Gasteiger partial charge in [0, 0.05) is 29.6 Å². The largest absolute Gasteiger partial charge is 0.491 e. The molecule has 0 saturated heterocycles. The molecule has 2 heterocycles. The summed E-state index contributed by atoms with van der Waals surface area (Å²) in [6.45, 7) is 13.4. The zero-order valence-corrected chi connectivity index (χ0v) is 31.0. The van der Waals surface area contributed by atoms with E-state index < -0.39 is 11.0 Å². The minimum absolute atomic E-state index is 0.109. The van der Waals surface area contributed by atoms with Crippen LogP contribution in [0.5, 0.6) is 5.75 Å². The Hall–Kier alpha value is -2.09. The maximum absolute atomic E-state index is 13.5. The van der Waals surface area contributed by atoms with E-state index in [0.29, 0.717) is 29.9 Å². The lowest BCUT2D eigenvalue weighted by Gasteiger charge is -2.45. The normalized spacial score (nSPS) is 28.5. The molecule has 260 valence electrons. The minimum atomic E-state index is -1.45. The van der Waals surface area contributed by atoms with Gasteiger partial charge in [0.1, 0.15) is 16.7 Å². The van der Waals surface area contributed by atoms with Crippen molar-refractivity contribution in [3.63, 3.8) is 0 Å². The molecule has 2 aromatic rings. The van der Waals surface area contributed by atoms with E-state index in [-0.39, 0.29) is 23.0 Å². The molecule has 1 fully saturated rings. The van der Waals surface area contributed by atoms with Gasteiger partial charge in [-0.2, -0.15) is 0 Å². The van der Waals surface area contributed by atoms with Crippen LogP contribution in [0.1, 0.15) is 113 Å². The second kappa shape index (κ2) is 17.0. The molecule has 1 saturated carbocycles. The second-order valence-electron chi connectivity index (χ2n) is 14.7. The summed E-state index contributed by atoms with van der Waals surface area (Å²) >= 11 is 6.47. The van der Waals surface area contributed by atoms with Gasteiger partial charge in [-0.25, -0.2) is 4.21 Å². The van der Waals surface area contributed by atoms with Crippen LogP contribution in [0.15, 0.2) is 36.4 Å². The third-order valence-electron chi connectivity index (χ3n) is 11.3. The number of fused-ring (bicyclic) bond motifs is 2. The van der Waals surface area contributed by atoms with Crippen LogP contribution < -0.4 is 14.4 Å². The van der Waals surface area contributed by atoms with Crippen molar-refractivity contribution in [1.29, 1.82) is 0 Å². The number of aryl methyl sites for hydroxylation is 1. The average Bonchev–Trinajstić information content (AvgIpc) is 3.21. The van der Waals surface area contributed by atoms with E-state index >= 15 is 0 Å². The van der Waals surface area contributed by atoms with Crippen molar-refractivity contribution in [2.24, 2.45) is 23.7 Å².